The van der Waals surface area contributed by atoms with Gasteiger partial charge in [-0.15, -0.1) is 0 Å². The third kappa shape index (κ3) is 4.40. The van der Waals surface area contributed by atoms with Gasteiger partial charge in [-0.2, -0.15) is 0 Å². The first kappa shape index (κ1) is 21.2. The van der Waals surface area contributed by atoms with E-state index in [0.29, 0.717) is 28.3 Å². The quantitative estimate of drug-likeness (QED) is 0.629. The number of carbonyl (C=O) groups is 1. The van der Waals surface area contributed by atoms with E-state index in [4.69, 9.17) is 9.88 Å². The van der Waals surface area contributed by atoms with Gasteiger partial charge in [-0.3, -0.25) is 9.78 Å². The van der Waals surface area contributed by atoms with Gasteiger partial charge >= 0.3 is 0 Å². The molecule has 0 aliphatic rings. The summed E-state index contributed by atoms with van der Waals surface area (Å²) in [7, 11) is -2.22. The van der Waals surface area contributed by atoms with E-state index in [-0.39, 0.29) is 10.8 Å². The van der Waals surface area contributed by atoms with Crippen LogP contribution < -0.4 is 15.2 Å². The fourth-order valence-electron chi connectivity index (χ4n) is 2.99. The molecule has 0 atom stereocenters. The smallest absolute Gasteiger partial charge is 0.255 e. The van der Waals surface area contributed by atoms with Crippen molar-refractivity contribution in [2.24, 2.45) is 5.14 Å². The number of rotatable bonds is 6. The van der Waals surface area contributed by atoms with E-state index < -0.39 is 10.0 Å². The molecular weight excluding hydrogens is 402 g/mol. The number of anilines is 1. The number of hydrogen-bond acceptors (Lipinski definition) is 5. The average Bonchev–Trinajstić information content (AvgIpc) is 2.73. The predicted octanol–water partition coefficient (Wildman–Crippen LogP) is 3.61. The number of benzene rings is 2. The second kappa shape index (κ2) is 8.48. The van der Waals surface area contributed by atoms with E-state index >= 15 is 0 Å². The molecule has 0 radical (unpaired) electrons. The molecule has 0 aliphatic heterocycles. The van der Waals surface area contributed by atoms with E-state index in [0.717, 1.165) is 11.1 Å². The lowest BCUT2D eigenvalue weighted by atomic mass is 10.0. The van der Waals surface area contributed by atoms with Gasteiger partial charge in [-0.1, -0.05) is 24.8 Å². The lowest BCUT2D eigenvalue weighted by molar-refractivity contribution is 0.102. The van der Waals surface area contributed by atoms with Gasteiger partial charge in [0.15, 0.2) is 0 Å². The molecule has 0 bridgehead atoms. The third-order valence-corrected chi connectivity index (χ3v) is 5.48. The van der Waals surface area contributed by atoms with Crippen LogP contribution in [0.5, 0.6) is 5.75 Å². The number of aromatic nitrogens is 1. The Morgan fingerprint density at radius 3 is 2.43 bits per heavy atom. The Bertz CT molecular complexity index is 1220. The zero-order chi connectivity index (χ0) is 21.9. The number of nitrogens with one attached hydrogen (secondary N) is 1. The number of amides is 1. The first-order valence-corrected chi connectivity index (χ1v) is 10.5. The molecule has 8 heteroatoms. The minimum absolute atomic E-state index is 0.00818. The van der Waals surface area contributed by atoms with Crippen LogP contribution in [-0.4, -0.2) is 26.4 Å². The Morgan fingerprint density at radius 1 is 1.17 bits per heavy atom. The number of ether oxygens (including phenoxy) is 1. The van der Waals surface area contributed by atoms with Gasteiger partial charge in [0.1, 0.15) is 5.75 Å². The van der Waals surface area contributed by atoms with E-state index in [9.17, 15) is 13.2 Å². The summed E-state index contributed by atoms with van der Waals surface area (Å²) in [6.45, 7) is 5.51. The van der Waals surface area contributed by atoms with Crippen molar-refractivity contribution in [2.45, 2.75) is 11.8 Å². The minimum atomic E-state index is -3.80. The Labute approximate surface area is 175 Å². The second-order valence-corrected chi connectivity index (χ2v) is 8.09. The molecule has 7 nitrogen and oxygen atoms in total. The van der Waals surface area contributed by atoms with Crippen LogP contribution in [0.15, 0.2) is 66.2 Å². The van der Waals surface area contributed by atoms with Crippen LogP contribution in [0.2, 0.25) is 0 Å². The number of methoxy groups -OCH3 is 1. The SMILES string of the molecule is C=Cc1c(OC)ccnc1-c1ccc(C(=O)Nc2ccc(S(N)(=O)=O)cc2C)cc1. The van der Waals surface area contributed by atoms with Crippen molar-refractivity contribution in [3.63, 3.8) is 0 Å². The fourth-order valence-corrected chi connectivity index (χ4v) is 3.59. The van der Waals surface area contributed by atoms with Crippen molar-refractivity contribution in [2.75, 3.05) is 12.4 Å². The van der Waals surface area contributed by atoms with Crippen molar-refractivity contribution in [1.82, 2.24) is 4.98 Å². The normalized spacial score (nSPS) is 11.0. The first-order chi connectivity index (χ1) is 14.2. The van der Waals surface area contributed by atoms with Gasteiger partial charge in [0.05, 0.1) is 17.7 Å². The molecule has 1 amide bonds. The maximum Gasteiger partial charge on any atom is 0.255 e. The van der Waals surface area contributed by atoms with Crippen molar-refractivity contribution < 1.29 is 17.9 Å². The molecular formula is C22H21N3O4S. The summed E-state index contributed by atoms with van der Waals surface area (Å²) in [5, 5.41) is 7.91. The highest BCUT2D eigenvalue weighted by Crippen LogP contribution is 2.29. The zero-order valence-corrected chi connectivity index (χ0v) is 17.4. The van der Waals surface area contributed by atoms with Gasteiger partial charge in [0.25, 0.3) is 5.91 Å². The number of hydrogen-bond donors (Lipinski definition) is 2. The Hall–Kier alpha value is -3.49. The highest BCUT2D eigenvalue weighted by atomic mass is 32.2. The van der Waals surface area contributed by atoms with Gasteiger partial charge < -0.3 is 10.1 Å². The summed E-state index contributed by atoms with van der Waals surface area (Å²) >= 11 is 0. The van der Waals surface area contributed by atoms with Crippen molar-refractivity contribution >= 4 is 27.7 Å². The van der Waals surface area contributed by atoms with Gasteiger partial charge in [0.2, 0.25) is 10.0 Å². The summed E-state index contributed by atoms with van der Waals surface area (Å²) in [5.41, 5.74) is 3.81. The molecule has 154 valence electrons. The van der Waals surface area contributed by atoms with Gasteiger partial charge in [-0.05, 0) is 48.9 Å². The molecule has 0 fully saturated rings. The molecule has 30 heavy (non-hydrogen) atoms. The van der Waals surface area contributed by atoms with Crippen LogP contribution >= 0.6 is 0 Å². The number of nitrogens with two attached hydrogens (primary N) is 1. The highest BCUT2D eigenvalue weighted by Gasteiger charge is 2.14. The number of carbonyl (C=O) groups excluding carboxylic acids is 1. The minimum Gasteiger partial charge on any atom is -0.496 e. The van der Waals surface area contributed by atoms with E-state index in [1.54, 1.807) is 56.6 Å². The molecule has 3 rings (SSSR count). The molecule has 0 saturated heterocycles. The first-order valence-electron chi connectivity index (χ1n) is 8.95. The maximum absolute atomic E-state index is 12.6. The Morgan fingerprint density at radius 2 is 1.87 bits per heavy atom. The second-order valence-electron chi connectivity index (χ2n) is 6.53. The lowest BCUT2D eigenvalue weighted by Gasteiger charge is -2.12. The molecule has 0 spiro atoms. The average molecular weight is 423 g/mol. The Kier molecular flexibility index (Phi) is 6.00. The van der Waals surface area contributed by atoms with E-state index in [1.165, 1.54) is 18.2 Å². The fraction of sp³-hybridized carbons (Fsp3) is 0.0909. The van der Waals surface area contributed by atoms with Crippen molar-refractivity contribution in [1.29, 1.82) is 0 Å². The van der Waals surface area contributed by atoms with Gasteiger partial charge in [-0.25, -0.2) is 13.6 Å². The topological polar surface area (TPSA) is 111 Å². The molecule has 1 aromatic heterocycles. The molecule has 2 aromatic carbocycles. The molecule has 3 N–H and O–H groups in total. The summed E-state index contributed by atoms with van der Waals surface area (Å²) in [6, 6.07) is 13.0. The number of sulfonamides is 1. The monoisotopic (exact) mass is 423 g/mol. The molecule has 3 aromatic rings. The summed E-state index contributed by atoms with van der Waals surface area (Å²) in [5.74, 6) is 0.339. The highest BCUT2D eigenvalue weighted by molar-refractivity contribution is 7.89. The van der Waals surface area contributed by atoms with Crippen molar-refractivity contribution in [3.05, 3.63) is 78.0 Å². The van der Waals surface area contributed by atoms with Crippen LogP contribution in [0.25, 0.3) is 17.3 Å². The third-order valence-electron chi connectivity index (χ3n) is 4.57. The summed E-state index contributed by atoms with van der Waals surface area (Å²) < 4.78 is 28.2. The largest absolute Gasteiger partial charge is 0.496 e. The Balaban J connectivity index is 1.84. The van der Waals surface area contributed by atoms with E-state index in [2.05, 4.69) is 16.9 Å². The molecule has 1 heterocycles. The summed E-state index contributed by atoms with van der Waals surface area (Å²) in [4.78, 5) is 17.0. The lowest BCUT2D eigenvalue weighted by Crippen LogP contribution is -2.15. The summed E-state index contributed by atoms with van der Waals surface area (Å²) in [6.07, 6.45) is 3.32. The van der Waals surface area contributed by atoms with Crippen LogP contribution in [-0.2, 0) is 10.0 Å². The maximum atomic E-state index is 12.6. The van der Waals surface area contributed by atoms with Gasteiger partial charge in [0, 0.05) is 28.6 Å². The number of aryl methyl sites for hydroxylation is 1. The zero-order valence-electron chi connectivity index (χ0n) is 16.5. The van der Waals surface area contributed by atoms with Crippen molar-refractivity contribution in [3.8, 4) is 17.0 Å². The van der Waals surface area contributed by atoms with E-state index in [1.807, 2.05) is 0 Å². The van der Waals surface area contributed by atoms with Crippen LogP contribution in [0.4, 0.5) is 5.69 Å². The molecule has 0 unspecified atom stereocenters. The number of primary sulfonamides is 1. The molecule has 0 aliphatic carbocycles. The number of nitrogens with zero attached hydrogens (tertiary/aromatic N) is 1. The number of pyridine rings is 1. The van der Waals surface area contributed by atoms with Crippen LogP contribution in [0.3, 0.4) is 0 Å². The molecule has 0 saturated carbocycles. The van der Waals surface area contributed by atoms with Crippen LogP contribution in [0.1, 0.15) is 21.5 Å². The predicted molar refractivity (Wildman–Crippen MR) is 117 cm³/mol. The van der Waals surface area contributed by atoms with Crippen LogP contribution in [0, 0.1) is 6.92 Å². The standard InChI is InChI=1S/C22H21N3O4S/c1-4-18-20(29-3)11-12-24-21(18)15-5-7-16(8-6-15)22(26)25-19-10-9-17(13-14(19)2)30(23,27)28/h4-13H,1H2,2-3H3,(H,25,26)(H2,23,27,28).